The SMILES string of the molecule is COC1C=COC2(C)Oc3c(C)c(O)c4c(O)c(c(C=NN(C)c5ncnc6c5ncn6C5OC(CO)C(O)C5O)c(O)c4c3C2=O)NC(=O)C(C)=CC=CC(C)C(O)C(C)C(O)C(C)C(OC(C)=O)C1C. The number of aliphatic hydroxyl groups excluding tert-OH is 5. The van der Waals surface area contributed by atoms with Gasteiger partial charge in [0.2, 0.25) is 0 Å². The Hall–Kier alpha value is -6.73. The summed E-state index contributed by atoms with van der Waals surface area (Å²) in [5.41, 5.74) is -0.784. The van der Waals surface area contributed by atoms with Crippen LogP contribution in [0.5, 0.6) is 23.0 Å². The molecule has 4 aromatic rings. The van der Waals surface area contributed by atoms with Gasteiger partial charge in [-0.2, -0.15) is 5.10 Å². The number of benzene rings is 2. The number of Topliss-reactive ketones (excluding diaryl/α,β-unsaturated/α-hetero) is 1. The predicted molar refractivity (Wildman–Crippen MR) is 258 cm³/mol. The van der Waals surface area contributed by atoms with Gasteiger partial charge >= 0.3 is 11.8 Å². The van der Waals surface area contributed by atoms with Crippen molar-refractivity contribution in [3.05, 3.63) is 65.5 Å². The molecule has 13 unspecified atom stereocenters. The number of hydrogen-bond donors (Lipinski definition) is 9. The van der Waals surface area contributed by atoms with E-state index in [-0.39, 0.29) is 50.4 Å². The molecule has 1 fully saturated rings. The molecular formula is C49H61N7O16. The number of imidazole rings is 1. The van der Waals surface area contributed by atoms with E-state index < -0.39 is 131 Å². The van der Waals surface area contributed by atoms with E-state index in [2.05, 4.69) is 25.4 Å². The van der Waals surface area contributed by atoms with Gasteiger partial charge in [-0.15, -0.1) is 0 Å². The van der Waals surface area contributed by atoms with Gasteiger partial charge < -0.3 is 69.9 Å². The fraction of sp³-hybridized carbons (Fsp3) is 0.490. The monoisotopic (exact) mass is 1000 g/mol. The second-order valence-corrected chi connectivity index (χ2v) is 18.6. The van der Waals surface area contributed by atoms with Crippen LogP contribution in [0.3, 0.4) is 0 Å². The molecule has 4 aliphatic rings. The van der Waals surface area contributed by atoms with Gasteiger partial charge in [-0.1, -0.05) is 45.9 Å². The van der Waals surface area contributed by atoms with Crippen LogP contribution < -0.4 is 15.1 Å². The van der Waals surface area contributed by atoms with E-state index in [1.165, 1.54) is 82.3 Å². The van der Waals surface area contributed by atoms with Gasteiger partial charge in [-0.3, -0.25) is 19.0 Å². The third kappa shape index (κ3) is 9.43. The van der Waals surface area contributed by atoms with E-state index in [1.54, 1.807) is 33.8 Å². The lowest BCUT2D eigenvalue weighted by Crippen LogP contribution is -2.46. The summed E-state index contributed by atoms with van der Waals surface area (Å²) >= 11 is 0. The number of allylic oxidation sites excluding steroid dienone is 2. The minimum atomic E-state index is -2.15. The molecule has 23 heteroatoms. The molecular weight excluding hydrogens is 943 g/mol. The molecule has 0 aliphatic carbocycles. The van der Waals surface area contributed by atoms with Crippen molar-refractivity contribution in [3.8, 4) is 23.0 Å². The molecule has 0 saturated carbocycles. The average Bonchev–Trinajstić information content (AvgIpc) is 3.99. The number of phenolic OH excluding ortho intramolecular Hbond substituents is 3. The van der Waals surface area contributed by atoms with Crippen molar-refractivity contribution in [2.45, 2.75) is 110 Å². The number of rotatable bonds is 7. The fourth-order valence-electron chi connectivity index (χ4n) is 9.44. The number of ether oxygens (including phenoxy) is 5. The Morgan fingerprint density at radius 3 is 2.31 bits per heavy atom. The highest BCUT2D eigenvalue weighted by Crippen LogP contribution is 2.55. The van der Waals surface area contributed by atoms with Crippen LogP contribution in [0.4, 0.5) is 11.5 Å². The first-order valence-corrected chi connectivity index (χ1v) is 23.1. The van der Waals surface area contributed by atoms with Crippen LogP contribution in [0.1, 0.15) is 76.2 Å². The molecule has 23 nitrogen and oxygen atoms in total. The number of carbonyl (C=O) groups is 3. The van der Waals surface area contributed by atoms with Crippen LogP contribution in [-0.2, 0) is 28.5 Å². The van der Waals surface area contributed by atoms with Crippen molar-refractivity contribution < 1.29 is 78.9 Å². The van der Waals surface area contributed by atoms with Crippen molar-refractivity contribution in [3.63, 3.8) is 0 Å². The third-order valence-corrected chi connectivity index (χ3v) is 13.8. The van der Waals surface area contributed by atoms with E-state index in [0.29, 0.717) is 0 Å². The lowest BCUT2D eigenvalue weighted by molar-refractivity contribution is -0.160. The Kier molecular flexibility index (Phi) is 15.3. The number of aliphatic hydroxyl groups is 5. The largest absolute Gasteiger partial charge is 0.507 e. The van der Waals surface area contributed by atoms with E-state index >= 15 is 0 Å². The third-order valence-electron chi connectivity index (χ3n) is 13.8. The molecule has 13 atom stereocenters. The number of methoxy groups -OCH3 is 1. The van der Waals surface area contributed by atoms with Crippen LogP contribution in [-0.4, -0.2) is 154 Å². The number of phenols is 3. The molecule has 0 radical (unpaired) electrons. The van der Waals surface area contributed by atoms with Gasteiger partial charge in [0.15, 0.2) is 29.0 Å². The topological polar surface area (TPSA) is 330 Å². The molecule has 1 saturated heterocycles. The number of hydrogen-bond acceptors (Lipinski definition) is 21. The summed E-state index contributed by atoms with van der Waals surface area (Å²) < 4.78 is 30.7. The van der Waals surface area contributed by atoms with Gasteiger partial charge in [0.25, 0.3) is 11.7 Å². The van der Waals surface area contributed by atoms with Gasteiger partial charge in [-0.05, 0) is 19.9 Å². The Morgan fingerprint density at radius 2 is 1.65 bits per heavy atom. The number of nitrogens with zero attached hydrogens (tertiary/aromatic N) is 6. The van der Waals surface area contributed by atoms with Gasteiger partial charge in [0.05, 0.1) is 65.9 Å². The van der Waals surface area contributed by atoms with Crippen LogP contribution in [0.2, 0.25) is 0 Å². The molecule has 72 heavy (non-hydrogen) atoms. The average molecular weight is 1000 g/mol. The lowest BCUT2D eigenvalue weighted by atomic mass is 9.78. The van der Waals surface area contributed by atoms with Crippen molar-refractivity contribution in [2.24, 2.45) is 28.8 Å². The number of nitrogens with one attached hydrogen (secondary N) is 1. The first kappa shape index (κ1) is 53.1. The Morgan fingerprint density at radius 1 is 0.944 bits per heavy atom. The maximum atomic E-state index is 14.7. The highest BCUT2D eigenvalue weighted by Gasteiger charge is 2.50. The Balaban J connectivity index is 1.37. The standard InChI is InChI=1S/C49H61N7O16/c1-20-12-11-13-21(2)47(67)54-33-27(16-53-55(9)45-34-46(51-18-50-45)56(19-52-34)48-41(65)39(63)29(17-57)71-48)38(62)30-31(40(33)64)37(61)25(6)43-32(30)44(66)49(8,72-43)69-15-14-28(68-10)22(3)42(70-26(7)58)24(5)36(60)23(4)35(20)59/h11-16,18-20,22-24,28-29,35-36,39,41-42,48,57,59-65H,17H2,1-10H3,(H,54,67). The molecule has 4 aliphatic heterocycles. The van der Waals surface area contributed by atoms with E-state index in [4.69, 9.17) is 23.7 Å². The van der Waals surface area contributed by atoms with Gasteiger partial charge in [-0.25, -0.2) is 20.0 Å². The smallest absolute Gasteiger partial charge is 0.312 e. The zero-order valence-corrected chi connectivity index (χ0v) is 41.3. The van der Waals surface area contributed by atoms with E-state index in [1.807, 2.05) is 0 Å². The Labute approximate surface area is 413 Å². The van der Waals surface area contributed by atoms with Crippen molar-refractivity contribution in [1.29, 1.82) is 0 Å². The molecule has 0 spiro atoms. The second kappa shape index (κ2) is 20.8. The second-order valence-electron chi connectivity index (χ2n) is 18.6. The molecule has 6 heterocycles. The Bertz CT molecular complexity index is 2880. The number of fused-ring (bicyclic) bond motifs is 15. The summed E-state index contributed by atoms with van der Waals surface area (Å²) in [6, 6.07) is 0. The molecule has 5 bridgehead atoms. The highest BCUT2D eigenvalue weighted by atomic mass is 16.7. The number of hydrazone groups is 1. The number of esters is 1. The lowest BCUT2D eigenvalue weighted by Gasteiger charge is -2.38. The molecule has 2 aromatic heterocycles. The number of carbonyl (C=O) groups excluding carboxylic acids is 3. The summed E-state index contributed by atoms with van der Waals surface area (Å²) in [5, 5.41) is 97.5. The maximum Gasteiger partial charge on any atom is 0.312 e. The summed E-state index contributed by atoms with van der Waals surface area (Å²) in [4.78, 5) is 54.1. The van der Waals surface area contributed by atoms with E-state index in [0.717, 1.165) is 12.5 Å². The first-order valence-electron chi connectivity index (χ1n) is 23.1. The van der Waals surface area contributed by atoms with Crippen LogP contribution in [0, 0.1) is 30.6 Å². The zero-order chi connectivity index (χ0) is 52.8. The summed E-state index contributed by atoms with van der Waals surface area (Å²) in [6.45, 7) is 11.6. The molecule has 388 valence electrons. The fourth-order valence-corrected chi connectivity index (χ4v) is 9.44. The minimum absolute atomic E-state index is 0.0307. The summed E-state index contributed by atoms with van der Waals surface area (Å²) in [6.07, 6.45) is 1.46. The minimum Gasteiger partial charge on any atom is -0.507 e. The molecule has 8 rings (SSSR count). The molecule has 9 N–H and O–H groups in total. The zero-order valence-electron chi connectivity index (χ0n) is 41.3. The predicted octanol–water partition coefficient (Wildman–Crippen LogP) is 2.98. The number of aromatic hydroxyl groups is 3. The first-order chi connectivity index (χ1) is 34.0. The van der Waals surface area contributed by atoms with Gasteiger partial charge in [0.1, 0.15) is 48.0 Å². The van der Waals surface area contributed by atoms with Crippen LogP contribution in [0.15, 0.2) is 53.9 Å². The summed E-state index contributed by atoms with van der Waals surface area (Å²) in [5.74, 6) is -9.40. The van der Waals surface area contributed by atoms with E-state index in [9.17, 15) is 55.2 Å². The van der Waals surface area contributed by atoms with Crippen molar-refractivity contribution in [2.75, 3.05) is 31.1 Å². The number of anilines is 2. The van der Waals surface area contributed by atoms with Crippen LogP contribution in [0.25, 0.3) is 21.9 Å². The summed E-state index contributed by atoms with van der Waals surface area (Å²) in [7, 11) is 2.86. The number of aromatic nitrogens is 4. The number of ketones is 1. The van der Waals surface area contributed by atoms with Crippen LogP contribution >= 0.6 is 0 Å². The highest BCUT2D eigenvalue weighted by molar-refractivity contribution is 6.24. The van der Waals surface area contributed by atoms with Gasteiger partial charge in [0, 0.05) is 68.2 Å². The number of amides is 1. The quantitative estimate of drug-likeness (QED) is 0.0422. The van der Waals surface area contributed by atoms with Crippen molar-refractivity contribution in [1.82, 2.24) is 19.5 Å². The molecule has 2 aromatic carbocycles. The normalized spacial score (nSPS) is 30.5. The van der Waals surface area contributed by atoms with Crippen molar-refractivity contribution >= 4 is 57.3 Å². The maximum absolute atomic E-state index is 14.7. The molecule has 1 amide bonds.